The number of methoxy groups -OCH3 is 1. The van der Waals surface area contributed by atoms with E-state index in [2.05, 4.69) is 14.9 Å². The molecule has 0 atom stereocenters. The molecule has 1 fully saturated rings. The second-order valence-corrected chi connectivity index (χ2v) is 6.02. The number of hydrogen-bond acceptors (Lipinski definition) is 6. The van der Waals surface area contributed by atoms with Gasteiger partial charge in [0.1, 0.15) is 15.7 Å². The summed E-state index contributed by atoms with van der Waals surface area (Å²) in [4.78, 5) is 23.4. The molecule has 1 aliphatic heterocycles. The normalized spacial score (nSPS) is 14.5. The van der Waals surface area contributed by atoms with E-state index in [4.69, 9.17) is 4.74 Å². The van der Waals surface area contributed by atoms with Crippen molar-refractivity contribution in [3.05, 3.63) is 28.9 Å². The van der Waals surface area contributed by atoms with Crippen LogP contribution in [0.25, 0.3) is 10.6 Å². The summed E-state index contributed by atoms with van der Waals surface area (Å²) < 4.78 is 4.76. The zero-order chi connectivity index (χ0) is 14.8. The number of rotatable bonds is 3. The maximum absolute atomic E-state index is 11.6. The molecule has 0 unspecified atom stereocenters. The maximum Gasteiger partial charge on any atom is 0.349 e. The van der Waals surface area contributed by atoms with Gasteiger partial charge in [-0.25, -0.2) is 14.8 Å². The molecule has 3 rings (SSSR count). The number of carbonyl (C=O) groups is 1. The fourth-order valence-electron chi connectivity index (χ4n) is 2.45. The highest BCUT2D eigenvalue weighted by Crippen LogP contribution is 2.29. The van der Waals surface area contributed by atoms with E-state index in [-0.39, 0.29) is 5.97 Å². The van der Waals surface area contributed by atoms with Crippen molar-refractivity contribution in [1.82, 2.24) is 9.97 Å². The first-order chi connectivity index (χ1) is 10.2. The van der Waals surface area contributed by atoms with Crippen LogP contribution >= 0.6 is 11.3 Å². The van der Waals surface area contributed by atoms with Gasteiger partial charge in [0.05, 0.1) is 12.8 Å². The fraction of sp³-hybridized carbons (Fsp3) is 0.400. The number of nitrogens with zero attached hydrogens (tertiary/aromatic N) is 3. The quantitative estimate of drug-likeness (QED) is 0.816. The summed E-state index contributed by atoms with van der Waals surface area (Å²) >= 11 is 1.34. The fourth-order valence-corrected chi connectivity index (χ4v) is 3.42. The molecule has 1 aliphatic rings. The lowest BCUT2D eigenvalue weighted by Crippen LogP contribution is -2.18. The molecule has 1 saturated heterocycles. The van der Waals surface area contributed by atoms with E-state index in [0.717, 1.165) is 29.5 Å². The van der Waals surface area contributed by atoms with E-state index in [1.807, 2.05) is 25.3 Å². The van der Waals surface area contributed by atoms with E-state index >= 15 is 0 Å². The number of pyridine rings is 1. The number of hydrogen-bond donors (Lipinski definition) is 0. The summed E-state index contributed by atoms with van der Waals surface area (Å²) in [6.45, 7) is 3.97. The zero-order valence-corrected chi connectivity index (χ0v) is 12.9. The van der Waals surface area contributed by atoms with Gasteiger partial charge in [-0.3, -0.25) is 0 Å². The standard InChI is InChI=1S/C15H17N3O2S/c1-10-13(15(19)20-2)21-14(17-10)11-5-6-12(16-9-11)18-7-3-4-8-18/h5-6,9H,3-4,7-8H2,1-2H3. The number of ether oxygens (including phenoxy) is 1. The molecular weight excluding hydrogens is 286 g/mol. The molecule has 6 heteroatoms. The van der Waals surface area contributed by atoms with Crippen molar-refractivity contribution in [2.75, 3.05) is 25.1 Å². The average molecular weight is 303 g/mol. The Labute approximate surface area is 127 Å². The summed E-state index contributed by atoms with van der Waals surface area (Å²) in [7, 11) is 1.38. The molecule has 0 N–H and O–H groups in total. The van der Waals surface area contributed by atoms with Crippen molar-refractivity contribution in [1.29, 1.82) is 0 Å². The van der Waals surface area contributed by atoms with Gasteiger partial charge >= 0.3 is 5.97 Å². The van der Waals surface area contributed by atoms with Gasteiger partial charge in [0.25, 0.3) is 0 Å². The van der Waals surface area contributed by atoms with Crippen LogP contribution in [-0.2, 0) is 4.74 Å². The van der Waals surface area contributed by atoms with E-state index in [1.54, 1.807) is 0 Å². The Kier molecular flexibility index (Phi) is 3.88. The molecule has 3 heterocycles. The number of anilines is 1. The Hall–Kier alpha value is -1.95. The maximum atomic E-state index is 11.6. The van der Waals surface area contributed by atoms with Gasteiger partial charge in [-0.05, 0) is 31.9 Å². The minimum atomic E-state index is -0.335. The highest BCUT2D eigenvalue weighted by Gasteiger charge is 2.17. The zero-order valence-electron chi connectivity index (χ0n) is 12.1. The van der Waals surface area contributed by atoms with Gasteiger partial charge in [0.15, 0.2) is 0 Å². The minimum Gasteiger partial charge on any atom is -0.465 e. The lowest BCUT2D eigenvalue weighted by Gasteiger charge is -2.15. The Morgan fingerprint density at radius 3 is 2.71 bits per heavy atom. The summed E-state index contributed by atoms with van der Waals surface area (Å²) in [6.07, 6.45) is 4.29. The van der Waals surface area contributed by atoms with Crippen molar-refractivity contribution >= 4 is 23.1 Å². The summed E-state index contributed by atoms with van der Waals surface area (Å²) in [5.74, 6) is 0.676. The predicted molar refractivity (Wildman–Crippen MR) is 82.9 cm³/mol. The van der Waals surface area contributed by atoms with Crippen LogP contribution in [0.1, 0.15) is 28.2 Å². The molecule has 21 heavy (non-hydrogen) atoms. The first kappa shape index (κ1) is 14.0. The van der Waals surface area contributed by atoms with Crippen LogP contribution in [0.5, 0.6) is 0 Å². The molecule has 2 aromatic heterocycles. The molecule has 0 amide bonds. The van der Waals surface area contributed by atoms with Crippen LogP contribution in [0.4, 0.5) is 5.82 Å². The summed E-state index contributed by atoms with van der Waals surface area (Å²) in [5.41, 5.74) is 1.63. The topological polar surface area (TPSA) is 55.3 Å². The Morgan fingerprint density at radius 2 is 2.10 bits per heavy atom. The van der Waals surface area contributed by atoms with Crippen LogP contribution in [0, 0.1) is 6.92 Å². The molecule has 0 bridgehead atoms. The number of thiazole rings is 1. The third kappa shape index (κ3) is 2.76. The second kappa shape index (κ2) is 5.81. The van der Waals surface area contributed by atoms with Crippen molar-refractivity contribution in [2.24, 2.45) is 0 Å². The molecule has 0 saturated carbocycles. The number of esters is 1. The van der Waals surface area contributed by atoms with Crippen molar-refractivity contribution in [2.45, 2.75) is 19.8 Å². The SMILES string of the molecule is COC(=O)c1sc(-c2ccc(N3CCCC3)nc2)nc1C. The monoisotopic (exact) mass is 303 g/mol. The molecule has 0 aromatic carbocycles. The molecule has 0 aliphatic carbocycles. The Balaban J connectivity index is 1.85. The average Bonchev–Trinajstić information content (AvgIpc) is 3.16. The van der Waals surface area contributed by atoms with Crippen LogP contribution in [0.15, 0.2) is 18.3 Å². The van der Waals surface area contributed by atoms with Gasteiger partial charge in [-0.2, -0.15) is 0 Å². The van der Waals surface area contributed by atoms with E-state index < -0.39 is 0 Å². The van der Waals surface area contributed by atoms with E-state index in [1.165, 1.54) is 31.3 Å². The first-order valence-electron chi connectivity index (χ1n) is 6.96. The first-order valence-corrected chi connectivity index (χ1v) is 7.78. The predicted octanol–water partition coefficient (Wildman–Crippen LogP) is 2.90. The molecular formula is C15H17N3O2S. The highest BCUT2D eigenvalue weighted by atomic mass is 32.1. The van der Waals surface area contributed by atoms with Gasteiger partial charge in [-0.1, -0.05) is 0 Å². The number of carbonyl (C=O) groups excluding carboxylic acids is 1. The van der Waals surface area contributed by atoms with Gasteiger partial charge in [0, 0.05) is 24.8 Å². The van der Waals surface area contributed by atoms with Crippen LogP contribution in [-0.4, -0.2) is 36.1 Å². The largest absolute Gasteiger partial charge is 0.465 e. The molecule has 0 radical (unpaired) electrons. The number of aryl methyl sites for hydroxylation is 1. The van der Waals surface area contributed by atoms with Crippen LogP contribution in [0.2, 0.25) is 0 Å². The molecule has 2 aromatic rings. The third-order valence-electron chi connectivity index (χ3n) is 3.59. The summed E-state index contributed by atoms with van der Waals surface area (Å²) in [6, 6.07) is 4.04. The van der Waals surface area contributed by atoms with Crippen LogP contribution < -0.4 is 4.90 Å². The van der Waals surface area contributed by atoms with Gasteiger partial charge in [0.2, 0.25) is 0 Å². The number of aromatic nitrogens is 2. The van der Waals surface area contributed by atoms with Crippen molar-refractivity contribution in [3.63, 3.8) is 0 Å². The lowest BCUT2D eigenvalue weighted by atomic mass is 10.3. The molecule has 0 spiro atoms. The van der Waals surface area contributed by atoms with E-state index in [9.17, 15) is 4.79 Å². The Morgan fingerprint density at radius 1 is 1.33 bits per heavy atom. The Bertz CT molecular complexity index is 645. The summed E-state index contributed by atoms with van der Waals surface area (Å²) in [5, 5.41) is 0.799. The lowest BCUT2D eigenvalue weighted by molar-refractivity contribution is 0.0605. The minimum absolute atomic E-state index is 0.335. The molecule has 5 nitrogen and oxygen atoms in total. The second-order valence-electron chi connectivity index (χ2n) is 5.02. The highest BCUT2D eigenvalue weighted by molar-refractivity contribution is 7.17. The van der Waals surface area contributed by atoms with Crippen LogP contribution in [0.3, 0.4) is 0 Å². The van der Waals surface area contributed by atoms with Gasteiger partial charge < -0.3 is 9.64 Å². The smallest absolute Gasteiger partial charge is 0.349 e. The van der Waals surface area contributed by atoms with Crippen molar-refractivity contribution in [3.8, 4) is 10.6 Å². The van der Waals surface area contributed by atoms with Crippen molar-refractivity contribution < 1.29 is 9.53 Å². The molecule has 110 valence electrons. The third-order valence-corrected chi connectivity index (χ3v) is 4.78. The van der Waals surface area contributed by atoms with Gasteiger partial charge in [-0.15, -0.1) is 11.3 Å². The van der Waals surface area contributed by atoms with E-state index in [0.29, 0.717) is 10.6 Å².